The largest absolute Gasteiger partial charge is 0.492 e. The Bertz CT molecular complexity index is 1260. The van der Waals surface area contributed by atoms with Crippen molar-refractivity contribution < 1.29 is 27.1 Å². The smallest absolute Gasteiger partial charge is 0.322 e. The van der Waals surface area contributed by atoms with Crippen LogP contribution in [0.2, 0.25) is 0 Å². The fourth-order valence-electron chi connectivity index (χ4n) is 3.22. The van der Waals surface area contributed by atoms with Gasteiger partial charge in [-0.25, -0.2) is 17.5 Å². The van der Waals surface area contributed by atoms with Gasteiger partial charge < -0.3 is 14.8 Å². The molecule has 0 saturated carbocycles. The Morgan fingerprint density at radius 3 is 2.47 bits per heavy atom. The molecule has 10 nitrogen and oxygen atoms in total. The highest BCUT2D eigenvalue weighted by Gasteiger charge is 2.27. The topological polar surface area (TPSA) is 124 Å². The van der Waals surface area contributed by atoms with E-state index in [0.717, 1.165) is 0 Å². The number of sulfonamides is 1. The van der Waals surface area contributed by atoms with E-state index in [1.807, 2.05) is 6.92 Å². The minimum absolute atomic E-state index is 0.127. The molecule has 1 atom stereocenters. The molecule has 1 amide bonds. The van der Waals surface area contributed by atoms with Crippen LogP contribution < -0.4 is 19.5 Å². The molecule has 1 heterocycles. The molecule has 0 spiro atoms. The number of benzene rings is 2. The number of carbonyl (C=O) groups excluding carboxylic acids is 1. The molecule has 0 aliphatic carbocycles. The van der Waals surface area contributed by atoms with Gasteiger partial charge in [-0.2, -0.15) is 0 Å². The molecule has 34 heavy (non-hydrogen) atoms. The van der Waals surface area contributed by atoms with Gasteiger partial charge in [-0.3, -0.25) is 9.36 Å². The molecule has 2 N–H and O–H groups in total. The van der Waals surface area contributed by atoms with Crippen LogP contribution in [-0.2, 0) is 21.4 Å². The molecule has 12 heteroatoms. The zero-order valence-electron chi connectivity index (χ0n) is 19.2. The van der Waals surface area contributed by atoms with E-state index in [0.29, 0.717) is 23.8 Å². The van der Waals surface area contributed by atoms with Crippen molar-refractivity contribution >= 4 is 21.6 Å². The third kappa shape index (κ3) is 5.88. The molecule has 0 saturated heterocycles. The summed E-state index contributed by atoms with van der Waals surface area (Å²) in [5, 5.41) is 10.7. The fourth-order valence-corrected chi connectivity index (χ4v) is 4.60. The van der Waals surface area contributed by atoms with Crippen molar-refractivity contribution in [2.24, 2.45) is 0 Å². The fraction of sp³-hybridized carbons (Fsp3) is 0.318. The highest BCUT2D eigenvalue weighted by atomic mass is 32.2. The number of nitrogens with one attached hydrogen (secondary N) is 2. The van der Waals surface area contributed by atoms with Crippen LogP contribution in [0.3, 0.4) is 0 Å². The van der Waals surface area contributed by atoms with Crippen LogP contribution in [-0.4, -0.2) is 35.7 Å². The molecular weight excluding hydrogens is 465 g/mol. The number of anilines is 1. The molecule has 0 unspecified atom stereocenters. The Morgan fingerprint density at radius 1 is 1.15 bits per heavy atom. The Hall–Kier alpha value is -3.51. The normalized spacial score (nSPS) is 12.3. The second-order valence-electron chi connectivity index (χ2n) is 7.26. The first-order valence-electron chi connectivity index (χ1n) is 10.6. The number of hydrogen-bond donors (Lipinski definition) is 2. The number of carbonyl (C=O) groups is 1. The van der Waals surface area contributed by atoms with Gasteiger partial charge in [0.05, 0.1) is 12.6 Å². The van der Waals surface area contributed by atoms with Crippen molar-refractivity contribution in [1.29, 1.82) is 0 Å². The first kappa shape index (κ1) is 25.1. The molecule has 3 rings (SSSR count). The van der Waals surface area contributed by atoms with Crippen LogP contribution in [0.5, 0.6) is 17.5 Å². The maximum absolute atomic E-state index is 13.3. The van der Waals surface area contributed by atoms with E-state index in [-0.39, 0.29) is 29.2 Å². The van der Waals surface area contributed by atoms with Gasteiger partial charge in [0, 0.05) is 19.2 Å². The summed E-state index contributed by atoms with van der Waals surface area (Å²) < 4.78 is 55.0. The maximum Gasteiger partial charge on any atom is 0.322 e. The number of nitrogens with zero attached hydrogens (tertiary/aromatic N) is 3. The first-order valence-corrected chi connectivity index (χ1v) is 12.1. The zero-order chi connectivity index (χ0) is 24.9. The standard InChI is InChI=1S/C22H26FN5O5S/c1-5-28-21(25-26-22(28)33-18-10-7-16(23)8-11-18)14(3)27-34(30,31)20-13-17(24-15(4)29)9-12-19(20)32-6-2/h7-14,27H,5-6H2,1-4H3,(H,24,29)/t14-/m1/s1. The second-order valence-corrected chi connectivity index (χ2v) is 8.94. The van der Waals surface area contributed by atoms with E-state index < -0.39 is 21.9 Å². The molecule has 0 radical (unpaired) electrons. The van der Waals surface area contributed by atoms with Crippen LogP contribution in [0.25, 0.3) is 0 Å². The molecule has 1 aromatic heterocycles. The summed E-state index contributed by atoms with van der Waals surface area (Å²) in [5.41, 5.74) is 0.315. The lowest BCUT2D eigenvalue weighted by molar-refractivity contribution is -0.114. The van der Waals surface area contributed by atoms with Gasteiger partial charge in [0.2, 0.25) is 15.9 Å². The molecule has 0 fully saturated rings. The van der Waals surface area contributed by atoms with E-state index >= 15 is 0 Å². The Balaban J connectivity index is 1.88. The third-order valence-electron chi connectivity index (χ3n) is 4.66. The Labute approximate surface area is 197 Å². The van der Waals surface area contributed by atoms with E-state index in [9.17, 15) is 17.6 Å². The summed E-state index contributed by atoms with van der Waals surface area (Å²) in [7, 11) is -4.09. The lowest BCUT2D eigenvalue weighted by Gasteiger charge is -2.17. The molecular formula is C22H26FN5O5S. The predicted octanol–water partition coefficient (Wildman–Crippen LogP) is 3.63. The molecule has 0 bridgehead atoms. The number of amides is 1. The van der Waals surface area contributed by atoms with Gasteiger partial charge in [-0.05, 0) is 63.2 Å². The van der Waals surface area contributed by atoms with Crippen LogP contribution in [0, 0.1) is 5.82 Å². The number of rotatable bonds is 10. The van der Waals surface area contributed by atoms with Crippen molar-refractivity contribution in [1.82, 2.24) is 19.5 Å². The van der Waals surface area contributed by atoms with Gasteiger partial charge in [0.15, 0.2) is 5.82 Å². The monoisotopic (exact) mass is 491 g/mol. The van der Waals surface area contributed by atoms with Crippen molar-refractivity contribution in [3.63, 3.8) is 0 Å². The quantitative estimate of drug-likeness (QED) is 0.444. The summed E-state index contributed by atoms with van der Waals surface area (Å²) in [6.07, 6.45) is 0. The van der Waals surface area contributed by atoms with Crippen LogP contribution >= 0.6 is 0 Å². The summed E-state index contributed by atoms with van der Waals surface area (Å²) in [5.74, 6) is 0.0905. The average Bonchev–Trinajstić information content (AvgIpc) is 3.18. The summed E-state index contributed by atoms with van der Waals surface area (Å²) in [6, 6.07) is 9.13. The van der Waals surface area contributed by atoms with Crippen LogP contribution in [0.4, 0.5) is 10.1 Å². The van der Waals surface area contributed by atoms with Gasteiger partial charge >= 0.3 is 6.01 Å². The Kier molecular flexibility index (Phi) is 7.84. The van der Waals surface area contributed by atoms with Crippen LogP contribution in [0.15, 0.2) is 47.4 Å². The second kappa shape index (κ2) is 10.6. The number of halogens is 1. The molecule has 0 aliphatic heterocycles. The highest BCUT2D eigenvalue weighted by molar-refractivity contribution is 7.89. The molecule has 3 aromatic rings. The Morgan fingerprint density at radius 2 is 1.85 bits per heavy atom. The van der Waals surface area contributed by atoms with Gasteiger partial charge in [-0.1, -0.05) is 5.10 Å². The van der Waals surface area contributed by atoms with Gasteiger partial charge in [-0.15, -0.1) is 5.10 Å². The lowest BCUT2D eigenvalue weighted by Crippen LogP contribution is -2.29. The summed E-state index contributed by atoms with van der Waals surface area (Å²) in [4.78, 5) is 11.3. The highest BCUT2D eigenvalue weighted by Crippen LogP contribution is 2.29. The first-order chi connectivity index (χ1) is 16.1. The molecule has 182 valence electrons. The van der Waals surface area contributed by atoms with E-state index in [4.69, 9.17) is 9.47 Å². The lowest BCUT2D eigenvalue weighted by atomic mass is 10.3. The van der Waals surface area contributed by atoms with Crippen LogP contribution in [0.1, 0.15) is 39.6 Å². The number of hydrogen-bond acceptors (Lipinski definition) is 7. The summed E-state index contributed by atoms with van der Waals surface area (Å²) in [6.45, 7) is 7.16. The number of ether oxygens (including phenoxy) is 2. The number of aromatic nitrogens is 3. The van der Waals surface area contributed by atoms with E-state index in [1.165, 1.54) is 43.3 Å². The van der Waals surface area contributed by atoms with Gasteiger partial charge in [0.25, 0.3) is 0 Å². The van der Waals surface area contributed by atoms with E-state index in [2.05, 4.69) is 20.2 Å². The predicted molar refractivity (Wildman–Crippen MR) is 123 cm³/mol. The minimum atomic E-state index is -4.09. The molecule has 2 aromatic carbocycles. The molecule has 0 aliphatic rings. The van der Waals surface area contributed by atoms with Crippen molar-refractivity contribution in [2.45, 2.75) is 45.2 Å². The van der Waals surface area contributed by atoms with Crippen molar-refractivity contribution in [3.05, 3.63) is 54.1 Å². The maximum atomic E-state index is 13.3. The zero-order valence-corrected chi connectivity index (χ0v) is 20.0. The summed E-state index contributed by atoms with van der Waals surface area (Å²) >= 11 is 0. The average molecular weight is 492 g/mol. The van der Waals surface area contributed by atoms with Crippen molar-refractivity contribution in [3.8, 4) is 17.5 Å². The third-order valence-corrected chi connectivity index (χ3v) is 6.22. The van der Waals surface area contributed by atoms with E-state index in [1.54, 1.807) is 24.5 Å². The minimum Gasteiger partial charge on any atom is -0.492 e. The SMILES string of the molecule is CCOc1ccc(NC(C)=O)cc1S(=O)(=O)N[C@H](C)c1nnc(Oc2ccc(F)cc2)n1CC. The van der Waals surface area contributed by atoms with Gasteiger partial charge in [0.1, 0.15) is 22.2 Å². The van der Waals surface area contributed by atoms with Crippen molar-refractivity contribution in [2.75, 3.05) is 11.9 Å².